The summed E-state index contributed by atoms with van der Waals surface area (Å²) in [5, 5.41) is 10.3. The second-order valence-electron chi connectivity index (χ2n) is 5.16. The molecule has 0 saturated heterocycles. The van der Waals surface area contributed by atoms with E-state index in [4.69, 9.17) is 4.74 Å². The monoisotopic (exact) mass is 243 g/mol. The predicted octanol–water partition coefficient (Wildman–Crippen LogP) is 2.41. The highest BCUT2D eigenvalue weighted by Crippen LogP contribution is 2.42. The van der Waals surface area contributed by atoms with Crippen molar-refractivity contribution in [3.8, 4) is 5.75 Å². The van der Waals surface area contributed by atoms with Crippen LogP contribution >= 0.6 is 0 Å². The van der Waals surface area contributed by atoms with E-state index >= 15 is 0 Å². The summed E-state index contributed by atoms with van der Waals surface area (Å²) in [4.78, 5) is 0. The van der Waals surface area contributed by atoms with Gasteiger partial charge in [-0.05, 0) is 19.9 Å². The largest absolute Gasteiger partial charge is 0.486 e. The van der Waals surface area contributed by atoms with Crippen molar-refractivity contribution in [1.82, 2.24) is 15.5 Å². The smallest absolute Gasteiger partial charge is 0.125 e. The summed E-state index contributed by atoms with van der Waals surface area (Å²) < 4.78 is 5.99. The molecular weight excluding hydrogens is 226 g/mol. The Balaban J connectivity index is 1.81. The van der Waals surface area contributed by atoms with Crippen LogP contribution in [0.5, 0.6) is 5.75 Å². The lowest BCUT2D eigenvalue weighted by molar-refractivity contribution is 0.0958. The van der Waals surface area contributed by atoms with Crippen molar-refractivity contribution < 1.29 is 4.74 Å². The average molecular weight is 243 g/mol. The Morgan fingerprint density at radius 3 is 3.00 bits per heavy atom. The molecule has 2 heterocycles. The normalized spacial score (nSPS) is 20.4. The Morgan fingerprint density at radius 2 is 2.22 bits per heavy atom. The summed E-state index contributed by atoms with van der Waals surface area (Å²) >= 11 is 0. The molecule has 1 unspecified atom stereocenters. The van der Waals surface area contributed by atoms with Crippen LogP contribution in [-0.2, 0) is 6.54 Å². The third kappa shape index (κ3) is 1.88. The van der Waals surface area contributed by atoms with Crippen LogP contribution in [0.25, 0.3) is 0 Å². The molecule has 1 aliphatic rings. The SMILES string of the molecule is CC1(C)Oc2ccccc2C1NCc1cn[nH]c1. The van der Waals surface area contributed by atoms with Crippen LogP contribution in [0.2, 0.25) is 0 Å². The van der Waals surface area contributed by atoms with Gasteiger partial charge >= 0.3 is 0 Å². The number of aromatic nitrogens is 2. The van der Waals surface area contributed by atoms with Gasteiger partial charge in [-0.3, -0.25) is 5.10 Å². The van der Waals surface area contributed by atoms with Crippen LogP contribution in [0.3, 0.4) is 0 Å². The van der Waals surface area contributed by atoms with Crippen molar-refractivity contribution >= 4 is 0 Å². The van der Waals surface area contributed by atoms with Crippen molar-refractivity contribution in [2.75, 3.05) is 0 Å². The maximum absolute atomic E-state index is 5.99. The first kappa shape index (κ1) is 11.3. The zero-order valence-electron chi connectivity index (χ0n) is 10.6. The van der Waals surface area contributed by atoms with Gasteiger partial charge in [0.2, 0.25) is 0 Å². The minimum Gasteiger partial charge on any atom is -0.486 e. The van der Waals surface area contributed by atoms with Crippen molar-refractivity contribution in [2.45, 2.75) is 32.0 Å². The van der Waals surface area contributed by atoms with Gasteiger partial charge in [0.05, 0.1) is 12.2 Å². The summed E-state index contributed by atoms with van der Waals surface area (Å²) in [6, 6.07) is 8.40. The number of rotatable bonds is 3. The van der Waals surface area contributed by atoms with E-state index in [9.17, 15) is 0 Å². The number of hydrogen-bond acceptors (Lipinski definition) is 3. The molecule has 4 heteroatoms. The first-order valence-electron chi connectivity index (χ1n) is 6.16. The summed E-state index contributed by atoms with van der Waals surface area (Å²) in [6.45, 7) is 5.00. The van der Waals surface area contributed by atoms with Crippen LogP contribution < -0.4 is 10.1 Å². The van der Waals surface area contributed by atoms with Crippen molar-refractivity contribution in [1.29, 1.82) is 0 Å². The van der Waals surface area contributed by atoms with Crippen molar-refractivity contribution in [3.05, 3.63) is 47.8 Å². The first-order chi connectivity index (χ1) is 8.67. The lowest BCUT2D eigenvalue weighted by Crippen LogP contribution is -2.38. The lowest BCUT2D eigenvalue weighted by Gasteiger charge is -2.27. The standard InChI is InChI=1S/C14H17N3O/c1-14(2)13(15-7-10-8-16-17-9-10)11-5-3-4-6-12(11)18-14/h3-6,8-9,13,15H,7H2,1-2H3,(H,16,17). The van der Waals surface area contributed by atoms with E-state index < -0.39 is 0 Å². The molecule has 2 aromatic rings. The van der Waals surface area contributed by atoms with Crippen LogP contribution in [0.15, 0.2) is 36.7 Å². The zero-order valence-corrected chi connectivity index (χ0v) is 10.6. The number of aromatic amines is 1. The van der Waals surface area contributed by atoms with E-state index in [2.05, 4.69) is 41.5 Å². The fraction of sp³-hybridized carbons (Fsp3) is 0.357. The summed E-state index contributed by atoms with van der Waals surface area (Å²) in [5.74, 6) is 0.979. The van der Waals surface area contributed by atoms with Gasteiger partial charge in [-0.1, -0.05) is 18.2 Å². The van der Waals surface area contributed by atoms with E-state index in [1.165, 1.54) is 5.56 Å². The molecule has 94 valence electrons. The van der Waals surface area contributed by atoms with E-state index in [1.54, 1.807) is 0 Å². The Kier molecular flexibility index (Phi) is 2.59. The fourth-order valence-electron chi connectivity index (χ4n) is 2.48. The molecule has 1 aliphatic heterocycles. The Labute approximate surface area is 106 Å². The molecule has 0 spiro atoms. The molecule has 2 N–H and O–H groups in total. The van der Waals surface area contributed by atoms with Crippen molar-refractivity contribution in [3.63, 3.8) is 0 Å². The number of para-hydroxylation sites is 1. The van der Waals surface area contributed by atoms with Crippen LogP contribution in [-0.4, -0.2) is 15.8 Å². The number of ether oxygens (including phenoxy) is 1. The molecule has 0 radical (unpaired) electrons. The highest BCUT2D eigenvalue weighted by Gasteiger charge is 2.40. The number of benzene rings is 1. The van der Waals surface area contributed by atoms with Gasteiger partial charge in [-0.2, -0.15) is 5.10 Å². The number of nitrogens with zero attached hydrogens (tertiary/aromatic N) is 1. The number of nitrogens with one attached hydrogen (secondary N) is 2. The number of fused-ring (bicyclic) bond motifs is 1. The van der Waals surface area contributed by atoms with E-state index in [-0.39, 0.29) is 11.6 Å². The van der Waals surface area contributed by atoms with Crippen LogP contribution in [0, 0.1) is 0 Å². The molecule has 0 bridgehead atoms. The third-order valence-corrected chi connectivity index (χ3v) is 3.36. The molecule has 1 aromatic carbocycles. The van der Waals surface area contributed by atoms with Gasteiger partial charge in [0.1, 0.15) is 11.4 Å². The molecular formula is C14H17N3O. The van der Waals surface area contributed by atoms with Gasteiger partial charge < -0.3 is 10.1 Å². The van der Waals surface area contributed by atoms with E-state index in [1.807, 2.05) is 24.5 Å². The number of H-pyrrole nitrogens is 1. The molecule has 18 heavy (non-hydrogen) atoms. The lowest BCUT2D eigenvalue weighted by atomic mass is 9.94. The fourth-order valence-corrected chi connectivity index (χ4v) is 2.48. The number of hydrogen-bond donors (Lipinski definition) is 2. The van der Waals surface area contributed by atoms with Crippen LogP contribution in [0.4, 0.5) is 0 Å². The molecule has 1 atom stereocenters. The van der Waals surface area contributed by atoms with Gasteiger partial charge in [-0.25, -0.2) is 0 Å². The second kappa shape index (κ2) is 4.14. The highest BCUT2D eigenvalue weighted by molar-refractivity contribution is 5.42. The highest BCUT2D eigenvalue weighted by atomic mass is 16.5. The molecule has 3 rings (SSSR count). The third-order valence-electron chi connectivity index (χ3n) is 3.36. The molecule has 4 nitrogen and oxygen atoms in total. The summed E-state index contributed by atoms with van der Waals surface area (Å²) in [5.41, 5.74) is 2.15. The van der Waals surface area contributed by atoms with Crippen molar-refractivity contribution in [2.24, 2.45) is 0 Å². The van der Waals surface area contributed by atoms with Gasteiger partial charge in [0.15, 0.2) is 0 Å². The van der Waals surface area contributed by atoms with Gasteiger partial charge in [-0.15, -0.1) is 0 Å². The first-order valence-corrected chi connectivity index (χ1v) is 6.16. The quantitative estimate of drug-likeness (QED) is 0.870. The Morgan fingerprint density at radius 1 is 1.39 bits per heavy atom. The van der Waals surface area contributed by atoms with Gasteiger partial charge in [0, 0.05) is 23.9 Å². The topological polar surface area (TPSA) is 49.9 Å². The second-order valence-corrected chi connectivity index (χ2v) is 5.16. The molecule has 0 fully saturated rings. The molecule has 0 aliphatic carbocycles. The summed E-state index contributed by atoms with van der Waals surface area (Å²) in [7, 11) is 0. The van der Waals surface area contributed by atoms with Gasteiger partial charge in [0.25, 0.3) is 0 Å². The minimum absolute atomic E-state index is 0.198. The van der Waals surface area contributed by atoms with E-state index in [0.717, 1.165) is 17.9 Å². The predicted molar refractivity (Wildman–Crippen MR) is 69.3 cm³/mol. The Bertz CT molecular complexity index is 534. The molecule has 1 aromatic heterocycles. The molecule has 0 amide bonds. The maximum atomic E-state index is 5.99. The average Bonchev–Trinajstić information content (AvgIpc) is 2.91. The Hall–Kier alpha value is -1.81. The van der Waals surface area contributed by atoms with E-state index in [0.29, 0.717) is 0 Å². The minimum atomic E-state index is -0.229. The summed E-state index contributed by atoms with van der Waals surface area (Å²) in [6.07, 6.45) is 3.74. The van der Waals surface area contributed by atoms with Crippen LogP contribution in [0.1, 0.15) is 31.0 Å². The molecule has 0 saturated carbocycles. The maximum Gasteiger partial charge on any atom is 0.125 e. The zero-order chi connectivity index (χ0) is 12.6.